The van der Waals surface area contributed by atoms with Gasteiger partial charge in [-0.25, -0.2) is 0 Å². The summed E-state index contributed by atoms with van der Waals surface area (Å²) in [6, 6.07) is 0. The molecule has 0 amide bonds. The van der Waals surface area contributed by atoms with Gasteiger partial charge in [-0.05, 0) is 6.42 Å². The van der Waals surface area contributed by atoms with Gasteiger partial charge in [-0.3, -0.25) is 6.08 Å². The molecule has 1 rings (SSSR count). The Balaban J connectivity index is 0.000000292. The molecule has 0 fully saturated rings. The van der Waals surface area contributed by atoms with E-state index in [1.165, 1.54) is 19.3 Å². The second kappa shape index (κ2) is 10.7. The first kappa shape index (κ1) is 11.7. The van der Waals surface area contributed by atoms with Crippen molar-refractivity contribution in [2.24, 2.45) is 0 Å². The van der Waals surface area contributed by atoms with E-state index in [1.54, 1.807) is 0 Å². The van der Waals surface area contributed by atoms with Gasteiger partial charge in [0.25, 0.3) is 0 Å². The Labute approximate surface area is 84.3 Å². The Morgan fingerprint density at radius 2 is 1.73 bits per heavy atom. The molecule has 1 aliphatic carbocycles. The van der Waals surface area contributed by atoms with Crippen molar-refractivity contribution in [1.82, 2.24) is 0 Å². The zero-order valence-electron chi connectivity index (χ0n) is 6.17. The van der Waals surface area contributed by atoms with E-state index in [9.17, 15) is 0 Å². The molecular formula is C8H11Cl2Ru-. The molecule has 0 aromatic rings. The molecular weight excluding hydrogens is 268 g/mol. The van der Waals surface area contributed by atoms with Gasteiger partial charge in [0, 0.05) is 0 Å². The van der Waals surface area contributed by atoms with E-state index in [2.05, 4.69) is 24.3 Å². The Kier molecular flexibility index (Phi) is 11.3. The van der Waals surface area contributed by atoms with Gasteiger partial charge in [0.1, 0.15) is 0 Å². The van der Waals surface area contributed by atoms with E-state index < -0.39 is 0 Å². The fourth-order valence-corrected chi connectivity index (χ4v) is 0.786. The van der Waals surface area contributed by atoms with Gasteiger partial charge < -0.3 is 6.08 Å². The van der Waals surface area contributed by atoms with Crippen LogP contribution in [-0.4, -0.2) is 0 Å². The molecule has 0 aromatic carbocycles. The molecule has 0 unspecified atom stereocenters. The van der Waals surface area contributed by atoms with Crippen LogP contribution in [0.5, 0.6) is 0 Å². The van der Waals surface area contributed by atoms with E-state index >= 15 is 0 Å². The van der Waals surface area contributed by atoms with Crippen molar-refractivity contribution in [2.45, 2.75) is 25.7 Å². The van der Waals surface area contributed by atoms with E-state index in [-0.39, 0.29) is 15.1 Å². The molecule has 66 valence electrons. The van der Waals surface area contributed by atoms with Gasteiger partial charge in [-0.15, -0.1) is 0 Å². The minimum atomic E-state index is -0.346. The van der Waals surface area contributed by atoms with Crippen molar-refractivity contribution >= 4 is 19.4 Å². The zero-order valence-corrected chi connectivity index (χ0v) is 9.42. The maximum atomic E-state index is 4.85. The normalized spacial score (nSPS) is 19.5. The van der Waals surface area contributed by atoms with E-state index in [4.69, 9.17) is 19.4 Å². The maximum absolute atomic E-state index is 4.85. The fourth-order valence-electron chi connectivity index (χ4n) is 0.786. The third-order valence-corrected chi connectivity index (χ3v) is 1.24. The van der Waals surface area contributed by atoms with Crippen LogP contribution in [0.25, 0.3) is 0 Å². The Morgan fingerprint density at radius 1 is 1.09 bits per heavy atom. The average molecular weight is 279 g/mol. The third kappa shape index (κ3) is 10.7. The summed E-state index contributed by atoms with van der Waals surface area (Å²) in [4.78, 5) is 0. The molecule has 1 aliphatic rings. The van der Waals surface area contributed by atoms with Crippen LogP contribution >= 0.6 is 19.4 Å². The minimum absolute atomic E-state index is 0.346. The number of halogens is 2. The molecule has 3 heteroatoms. The van der Waals surface area contributed by atoms with Crippen molar-refractivity contribution in [3.8, 4) is 0 Å². The zero-order chi connectivity index (χ0) is 8.36. The fraction of sp³-hybridized carbons (Fsp3) is 0.500. The van der Waals surface area contributed by atoms with Crippen LogP contribution in [0, 0.1) is 6.08 Å². The average Bonchev–Trinajstić information content (AvgIpc) is 1.86. The molecule has 0 heterocycles. The van der Waals surface area contributed by atoms with Gasteiger partial charge in [0.2, 0.25) is 0 Å². The Bertz CT molecular complexity index is 95.3. The van der Waals surface area contributed by atoms with Gasteiger partial charge in [-0.2, -0.15) is 6.42 Å². The first-order valence-corrected chi connectivity index (χ1v) is 7.94. The van der Waals surface area contributed by atoms with E-state index in [1.807, 2.05) is 0 Å². The predicted molar refractivity (Wildman–Crippen MR) is 47.1 cm³/mol. The summed E-state index contributed by atoms with van der Waals surface area (Å²) in [5.41, 5.74) is 0. The number of hydrogen-bond donors (Lipinski definition) is 0. The molecule has 0 atom stereocenters. The van der Waals surface area contributed by atoms with Crippen molar-refractivity contribution < 1.29 is 15.1 Å². The van der Waals surface area contributed by atoms with Crippen LogP contribution in [0.3, 0.4) is 0 Å². The summed E-state index contributed by atoms with van der Waals surface area (Å²) < 4.78 is 0. The molecule has 0 N–H and O–H groups in total. The number of hydrogen-bond acceptors (Lipinski definition) is 0. The molecule has 0 aliphatic heterocycles. The predicted octanol–water partition coefficient (Wildman–Crippen LogP) is 3.85. The summed E-state index contributed by atoms with van der Waals surface area (Å²) in [5.74, 6) is 0. The first-order valence-electron chi connectivity index (χ1n) is 3.47. The summed E-state index contributed by atoms with van der Waals surface area (Å²) >= 11 is -0.346. The van der Waals surface area contributed by atoms with Crippen molar-refractivity contribution in [1.29, 1.82) is 0 Å². The summed E-state index contributed by atoms with van der Waals surface area (Å²) in [5, 5.41) is 0. The summed E-state index contributed by atoms with van der Waals surface area (Å²) in [6.07, 6.45) is 14.5. The van der Waals surface area contributed by atoms with Gasteiger partial charge in [0.05, 0.1) is 0 Å². The second-order valence-corrected chi connectivity index (χ2v) is 4.68. The van der Waals surface area contributed by atoms with E-state index in [0.29, 0.717) is 0 Å². The Hall–Kier alpha value is 0.683. The van der Waals surface area contributed by atoms with Crippen molar-refractivity contribution in [3.05, 3.63) is 24.3 Å². The monoisotopic (exact) mass is 279 g/mol. The molecule has 0 spiro atoms. The molecule has 0 saturated carbocycles. The number of allylic oxidation sites excluding steroid dienone is 4. The molecule has 0 nitrogen and oxygen atoms in total. The third-order valence-electron chi connectivity index (χ3n) is 1.24. The number of rotatable bonds is 0. The molecule has 11 heavy (non-hydrogen) atoms. The first-order chi connectivity index (χ1) is 5.41. The standard InChI is InChI=1S/C8H11.2ClH.Ru/c1-2-4-6-8-7-5-3-1;;;/h1-2,7H,3-6H2;2*1H;/q-1;;;+2/p-2/b2-1-;;;. The van der Waals surface area contributed by atoms with Crippen LogP contribution in [-0.2, 0) is 15.1 Å². The molecule has 0 bridgehead atoms. The molecule has 0 aromatic heterocycles. The van der Waals surface area contributed by atoms with Gasteiger partial charge >= 0.3 is 34.5 Å². The topological polar surface area (TPSA) is 0 Å². The second-order valence-electron chi connectivity index (χ2n) is 2.05. The molecule has 0 radical (unpaired) electrons. The van der Waals surface area contributed by atoms with E-state index in [0.717, 1.165) is 6.42 Å². The van der Waals surface area contributed by atoms with Crippen molar-refractivity contribution in [3.63, 3.8) is 0 Å². The SMILES string of the molecule is [C-]1=CCC/C=C\CC1.[Cl][Ru][Cl]. The van der Waals surface area contributed by atoms with Crippen LogP contribution in [0.1, 0.15) is 25.7 Å². The van der Waals surface area contributed by atoms with Crippen LogP contribution in [0.4, 0.5) is 0 Å². The van der Waals surface area contributed by atoms with Gasteiger partial charge in [0.15, 0.2) is 0 Å². The quantitative estimate of drug-likeness (QED) is 0.359. The summed E-state index contributed by atoms with van der Waals surface area (Å²) in [7, 11) is 9.71. The Morgan fingerprint density at radius 3 is 2.45 bits per heavy atom. The van der Waals surface area contributed by atoms with Gasteiger partial charge in [-0.1, -0.05) is 25.0 Å². The van der Waals surface area contributed by atoms with Crippen LogP contribution < -0.4 is 0 Å². The van der Waals surface area contributed by atoms with Crippen molar-refractivity contribution in [2.75, 3.05) is 0 Å². The summed E-state index contributed by atoms with van der Waals surface area (Å²) in [6.45, 7) is 0. The molecule has 0 saturated heterocycles. The van der Waals surface area contributed by atoms with Crippen LogP contribution in [0.15, 0.2) is 18.2 Å². The van der Waals surface area contributed by atoms with Crippen LogP contribution in [0.2, 0.25) is 0 Å².